The first-order valence-corrected chi connectivity index (χ1v) is 5.43. The summed E-state index contributed by atoms with van der Waals surface area (Å²) in [7, 11) is 2.04. The van der Waals surface area contributed by atoms with Crippen molar-refractivity contribution >= 4 is 0 Å². The van der Waals surface area contributed by atoms with Crippen molar-refractivity contribution in [3.8, 4) is 0 Å². The molecule has 0 amide bonds. The summed E-state index contributed by atoms with van der Waals surface area (Å²) in [6, 6.07) is 4.21. The number of hydrogen-bond acceptors (Lipinski definition) is 2. The van der Waals surface area contributed by atoms with Crippen LogP contribution in [-0.4, -0.2) is 18.6 Å². The molecule has 0 saturated heterocycles. The molecule has 1 aromatic rings. The minimum Gasteiger partial charge on any atom is -0.319 e. The summed E-state index contributed by atoms with van der Waals surface area (Å²) in [4.78, 5) is 4.15. The quantitative estimate of drug-likeness (QED) is 0.784. The van der Waals surface area contributed by atoms with Crippen molar-refractivity contribution in [2.75, 3.05) is 13.6 Å². The second kappa shape index (κ2) is 4.56. The van der Waals surface area contributed by atoms with E-state index in [9.17, 15) is 0 Å². The standard InChI is InChI=1S/C12H18N2/c1-13-9-12-5-4-11(12)7-10-3-2-6-14-8-10/h2-3,6,8,11-13H,4-5,7,9H2,1H3. The third kappa shape index (κ3) is 2.13. The van der Waals surface area contributed by atoms with E-state index >= 15 is 0 Å². The molecule has 0 spiro atoms. The maximum Gasteiger partial charge on any atom is 0.0299 e. The molecular formula is C12H18N2. The average Bonchev–Trinajstić information content (AvgIpc) is 2.23. The van der Waals surface area contributed by atoms with Crippen LogP contribution in [0.1, 0.15) is 18.4 Å². The van der Waals surface area contributed by atoms with Crippen LogP contribution < -0.4 is 5.32 Å². The van der Waals surface area contributed by atoms with E-state index in [0.29, 0.717) is 0 Å². The Morgan fingerprint density at radius 1 is 1.43 bits per heavy atom. The Morgan fingerprint density at radius 2 is 2.29 bits per heavy atom. The number of hydrogen-bond donors (Lipinski definition) is 1. The van der Waals surface area contributed by atoms with Crippen LogP contribution in [0.5, 0.6) is 0 Å². The Hall–Kier alpha value is -0.890. The van der Waals surface area contributed by atoms with Gasteiger partial charge >= 0.3 is 0 Å². The van der Waals surface area contributed by atoms with Crippen LogP contribution in [-0.2, 0) is 6.42 Å². The summed E-state index contributed by atoms with van der Waals surface area (Å²) >= 11 is 0. The molecule has 1 aliphatic carbocycles. The van der Waals surface area contributed by atoms with E-state index in [2.05, 4.69) is 16.4 Å². The molecule has 1 N–H and O–H groups in total. The van der Waals surface area contributed by atoms with Gasteiger partial charge in [0, 0.05) is 12.4 Å². The highest BCUT2D eigenvalue weighted by Gasteiger charge is 2.29. The lowest BCUT2D eigenvalue weighted by atomic mass is 9.71. The van der Waals surface area contributed by atoms with E-state index in [1.54, 1.807) is 0 Å². The van der Waals surface area contributed by atoms with Crippen molar-refractivity contribution in [2.45, 2.75) is 19.3 Å². The predicted octanol–water partition coefficient (Wildman–Crippen LogP) is 1.87. The second-order valence-electron chi connectivity index (χ2n) is 4.22. The van der Waals surface area contributed by atoms with Gasteiger partial charge in [-0.15, -0.1) is 0 Å². The molecule has 2 unspecified atom stereocenters. The SMILES string of the molecule is CNCC1CCC1Cc1cccnc1. The fourth-order valence-corrected chi connectivity index (χ4v) is 2.26. The predicted molar refractivity (Wildman–Crippen MR) is 58.1 cm³/mol. The zero-order valence-corrected chi connectivity index (χ0v) is 8.74. The van der Waals surface area contributed by atoms with Crippen LogP contribution in [0.25, 0.3) is 0 Å². The molecular weight excluding hydrogens is 172 g/mol. The van der Waals surface area contributed by atoms with Crippen molar-refractivity contribution < 1.29 is 0 Å². The van der Waals surface area contributed by atoms with Crippen LogP contribution in [0.15, 0.2) is 24.5 Å². The van der Waals surface area contributed by atoms with Gasteiger partial charge in [0.25, 0.3) is 0 Å². The van der Waals surface area contributed by atoms with Crippen molar-refractivity contribution in [1.82, 2.24) is 10.3 Å². The summed E-state index contributed by atoms with van der Waals surface area (Å²) in [6.45, 7) is 1.17. The molecule has 1 aromatic heterocycles. The zero-order chi connectivity index (χ0) is 9.80. The van der Waals surface area contributed by atoms with Crippen molar-refractivity contribution in [3.63, 3.8) is 0 Å². The fourth-order valence-electron chi connectivity index (χ4n) is 2.26. The molecule has 1 heterocycles. The van der Waals surface area contributed by atoms with Crippen LogP contribution >= 0.6 is 0 Å². The highest BCUT2D eigenvalue weighted by atomic mass is 14.8. The summed E-state index contributed by atoms with van der Waals surface area (Å²) in [5.41, 5.74) is 1.39. The molecule has 1 fully saturated rings. The minimum absolute atomic E-state index is 0.881. The Bertz CT molecular complexity index is 271. The first kappa shape index (κ1) is 9.66. The van der Waals surface area contributed by atoms with Crippen LogP contribution in [0.4, 0.5) is 0 Å². The molecule has 0 radical (unpaired) electrons. The van der Waals surface area contributed by atoms with Crippen molar-refractivity contribution in [3.05, 3.63) is 30.1 Å². The normalized spacial score (nSPS) is 25.8. The number of rotatable bonds is 4. The molecule has 0 bridgehead atoms. The Kier molecular flexibility index (Phi) is 3.14. The third-order valence-corrected chi connectivity index (χ3v) is 3.26. The van der Waals surface area contributed by atoms with E-state index < -0.39 is 0 Å². The third-order valence-electron chi connectivity index (χ3n) is 3.26. The molecule has 14 heavy (non-hydrogen) atoms. The largest absolute Gasteiger partial charge is 0.319 e. The molecule has 0 aromatic carbocycles. The van der Waals surface area contributed by atoms with Crippen molar-refractivity contribution in [1.29, 1.82) is 0 Å². The molecule has 1 aliphatic rings. The van der Waals surface area contributed by atoms with Gasteiger partial charge in [0.05, 0.1) is 0 Å². The zero-order valence-electron chi connectivity index (χ0n) is 8.74. The molecule has 2 heteroatoms. The van der Waals surface area contributed by atoms with Gasteiger partial charge in [0.2, 0.25) is 0 Å². The van der Waals surface area contributed by atoms with E-state index in [1.807, 2.05) is 25.5 Å². The number of pyridine rings is 1. The molecule has 2 nitrogen and oxygen atoms in total. The van der Waals surface area contributed by atoms with Gasteiger partial charge in [-0.05, 0) is 56.3 Å². The first-order chi connectivity index (χ1) is 6.90. The Labute approximate surface area is 85.7 Å². The Balaban J connectivity index is 1.86. The Morgan fingerprint density at radius 3 is 2.86 bits per heavy atom. The topological polar surface area (TPSA) is 24.9 Å². The van der Waals surface area contributed by atoms with Crippen molar-refractivity contribution in [2.24, 2.45) is 11.8 Å². The fraction of sp³-hybridized carbons (Fsp3) is 0.583. The lowest BCUT2D eigenvalue weighted by molar-refractivity contribution is 0.174. The molecule has 2 rings (SSSR count). The van der Waals surface area contributed by atoms with Gasteiger partial charge in [-0.1, -0.05) is 6.07 Å². The summed E-state index contributed by atoms with van der Waals surface area (Å²) in [5, 5.41) is 3.27. The van der Waals surface area contributed by atoms with Gasteiger partial charge in [-0.3, -0.25) is 4.98 Å². The number of nitrogens with zero attached hydrogens (tertiary/aromatic N) is 1. The van der Waals surface area contributed by atoms with E-state index in [4.69, 9.17) is 0 Å². The molecule has 0 aliphatic heterocycles. The monoisotopic (exact) mass is 190 g/mol. The maximum absolute atomic E-state index is 4.15. The van der Waals surface area contributed by atoms with Gasteiger partial charge in [-0.25, -0.2) is 0 Å². The van der Waals surface area contributed by atoms with Crippen LogP contribution in [0.2, 0.25) is 0 Å². The molecule has 1 saturated carbocycles. The van der Waals surface area contributed by atoms with Crippen LogP contribution in [0, 0.1) is 11.8 Å². The molecule has 2 atom stereocenters. The smallest absolute Gasteiger partial charge is 0.0299 e. The lowest BCUT2D eigenvalue weighted by Crippen LogP contribution is -2.35. The van der Waals surface area contributed by atoms with Gasteiger partial charge in [-0.2, -0.15) is 0 Å². The van der Waals surface area contributed by atoms with Gasteiger partial charge < -0.3 is 5.32 Å². The highest BCUT2D eigenvalue weighted by molar-refractivity contribution is 5.10. The van der Waals surface area contributed by atoms with Crippen LogP contribution in [0.3, 0.4) is 0 Å². The van der Waals surface area contributed by atoms with E-state index in [-0.39, 0.29) is 0 Å². The van der Waals surface area contributed by atoms with Gasteiger partial charge in [0.15, 0.2) is 0 Å². The highest BCUT2D eigenvalue weighted by Crippen LogP contribution is 2.35. The molecule has 76 valence electrons. The van der Waals surface area contributed by atoms with E-state index in [0.717, 1.165) is 11.8 Å². The second-order valence-corrected chi connectivity index (χ2v) is 4.22. The first-order valence-electron chi connectivity index (χ1n) is 5.43. The average molecular weight is 190 g/mol. The minimum atomic E-state index is 0.881. The number of nitrogens with one attached hydrogen (secondary N) is 1. The summed E-state index contributed by atoms with van der Waals surface area (Å²) in [6.07, 6.45) is 7.83. The van der Waals surface area contributed by atoms with Gasteiger partial charge in [0.1, 0.15) is 0 Å². The summed E-state index contributed by atoms with van der Waals surface area (Å²) < 4.78 is 0. The number of aromatic nitrogens is 1. The van der Waals surface area contributed by atoms with E-state index in [1.165, 1.54) is 31.4 Å². The maximum atomic E-state index is 4.15. The summed E-state index contributed by atoms with van der Waals surface area (Å²) in [5.74, 6) is 1.77. The lowest BCUT2D eigenvalue weighted by Gasteiger charge is -2.36.